The summed E-state index contributed by atoms with van der Waals surface area (Å²) in [6.45, 7) is 0. The van der Waals surface area contributed by atoms with Crippen LogP contribution in [0.4, 0.5) is 11.8 Å². The number of halogens is 1. The Morgan fingerprint density at radius 2 is 2.00 bits per heavy atom. The van der Waals surface area contributed by atoms with E-state index in [-0.39, 0.29) is 5.95 Å². The van der Waals surface area contributed by atoms with Gasteiger partial charge >= 0.3 is 0 Å². The highest BCUT2D eigenvalue weighted by Gasteiger charge is 2.23. The fourth-order valence-corrected chi connectivity index (χ4v) is 2.98. The Hall–Kier alpha value is -1.81. The van der Waals surface area contributed by atoms with Crippen molar-refractivity contribution in [2.45, 2.75) is 25.3 Å². The van der Waals surface area contributed by atoms with Crippen molar-refractivity contribution in [3.63, 3.8) is 0 Å². The molecule has 0 saturated heterocycles. The lowest BCUT2D eigenvalue weighted by atomic mass is 9.88. The predicted molar refractivity (Wildman–Crippen MR) is 82.1 cm³/mol. The first-order valence-corrected chi connectivity index (χ1v) is 7.11. The molecule has 2 aromatic rings. The molecule has 1 heterocycles. The Labute approximate surface area is 123 Å². The summed E-state index contributed by atoms with van der Waals surface area (Å²) in [6, 6.07) is 10.8. The molecule has 3 rings (SSSR count). The molecule has 0 amide bonds. The molecule has 2 N–H and O–H groups in total. The Balaban J connectivity index is 1.83. The highest BCUT2D eigenvalue weighted by Crippen LogP contribution is 2.27. The Morgan fingerprint density at radius 1 is 1.25 bits per heavy atom. The molecule has 0 saturated carbocycles. The van der Waals surface area contributed by atoms with Crippen LogP contribution in [0, 0.1) is 0 Å². The molecule has 1 aromatic carbocycles. The van der Waals surface area contributed by atoms with Crippen LogP contribution in [0.2, 0.25) is 5.15 Å². The number of hydrogen-bond donors (Lipinski definition) is 1. The first kappa shape index (κ1) is 13.2. The van der Waals surface area contributed by atoms with Gasteiger partial charge in [0.15, 0.2) is 0 Å². The van der Waals surface area contributed by atoms with E-state index in [0.717, 1.165) is 25.1 Å². The van der Waals surface area contributed by atoms with E-state index in [1.54, 1.807) is 6.07 Å². The van der Waals surface area contributed by atoms with Crippen molar-refractivity contribution < 1.29 is 0 Å². The molecule has 1 aliphatic carbocycles. The number of likely N-dealkylation sites (N-methyl/N-ethyl adjacent to an activating group) is 1. The maximum absolute atomic E-state index is 5.96. The highest BCUT2D eigenvalue weighted by molar-refractivity contribution is 6.29. The highest BCUT2D eigenvalue weighted by atomic mass is 35.5. The number of fused-ring (bicyclic) bond motifs is 1. The monoisotopic (exact) mass is 288 g/mol. The summed E-state index contributed by atoms with van der Waals surface area (Å²) in [5.41, 5.74) is 8.55. The van der Waals surface area contributed by atoms with Crippen LogP contribution in [0.3, 0.4) is 0 Å². The van der Waals surface area contributed by atoms with E-state index < -0.39 is 0 Å². The standard InChI is InChI=1S/C15H17ClN4/c1-20(14-9-13(16)18-15(17)19-14)12-7-6-10-4-2-3-5-11(10)8-12/h2-5,9,12H,6-8H2,1H3,(H2,17,18,19). The quantitative estimate of drug-likeness (QED) is 0.863. The molecular formula is C15H17ClN4. The molecule has 5 heteroatoms. The van der Waals surface area contributed by atoms with Crippen molar-refractivity contribution in [1.29, 1.82) is 0 Å². The summed E-state index contributed by atoms with van der Waals surface area (Å²) < 4.78 is 0. The third kappa shape index (κ3) is 2.56. The van der Waals surface area contributed by atoms with E-state index in [1.165, 1.54) is 11.1 Å². The minimum Gasteiger partial charge on any atom is -0.368 e. The number of aryl methyl sites for hydroxylation is 1. The topological polar surface area (TPSA) is 55.0 Å². The molecule has 0 bridgehead atoms. The molecule has 1 aromatic heterocycles. The Bertz CT molecular complexity index is 609. The fraction of sp³-hybridized carbons (Fsp3) is 0.333. The molecular weight excluding hydrogens is 272 g/mol. The predicted octanol–water partition coefficient (Wildman–Crippen LogP) is 2.71. The van der Waals surface area contributed by atoms with Gasteiger partial charge in [0.05, 0.1) is 0 Å². The van der Waals surface area contributed by atoms with Crippen LogP contribution in [-0.4, -0.2) is 23.1 Å². The van der Waals surface area contributed by atoms with Crippen molar-refractivity contribution >= 4 is 23.4 Å². The Kier molecular flexibility index (Phi) is 3.49. The number of benzene rings is 1. The van der Waals surface area contributed by atoms with Gasteiger partial charge in [0.2, 0.25) is 5.95 Å². The number of aromatic nitrogens is 2. The van der Waals surface area contributed by atoms with Gasteiger partial charge in [0.1, 0.15) is 11.0 Å². The van der Waals surface area contributed by atoms with Crippen molar-refractivity contribution in [1.82, 2.24) is 9.97 Å². The van der Waals surface area contributed by atoms with Gasteiger partial charge in [-0.25, -0.2) is 4.98 Å². The SMILES string of the molecule is CN(c1cc(Cl)nc(N)n1)C1CCc2ccccc2C1. The molecule has 0 spiro atoms. The molecule has 1 aliphatic rings. The summed E-state index contributed by atoms with van der Waals surface area (Å²) in [7, 11) is 2.04. The molecule has 4 nitrogen and oxygen atoms in total. The lowest BCUT2D eigenvalue weighted by Gasteiger charge is -2.33. The number of nitrogens with two attached hydrogens (primary N) is 1. The second-order valence-corrected chi connectivity index (χ2v) is 5.57. The van der Waals surface area contributed by atoms with Gasteiger partial charge in [-0.1, -0.05) is 35.9 Å². The molecule has 104 valence electrons. The van der Waals surface area contributed by atoms with Crippen molar-refractivity contribution in [3.05, 3.63) is 46.6 Å². The maximum Gasteiger partial charge on any atom is 0.223 e. The van der Waals surface area contributed by atoms with Crippen LogP contribution in [0.25, 0.3) is 0 Å². The van der Waals surface area contributed by atoms with Crippen LogP contribution in [0.15, 0.2) is 30.3 Å². The van der Waals surface area contributed by atoms with Gasteiger partial charge in [-0.15, -0.1) is 0 Å². The Morgan fingerprint density at radius 3 is 2.75 bits per heavy atom. The largest absolute Gasteiger partial charge is 0.368 e. The minimum absolute atomic E-state index is 0.218. The summed E-state index contributed by atoms with van der Waals surface area (Å²) in [5.74, 6) is 1.00. The maximum atomic E-state index is 5.96. The van der Waals surface area contributed by atoms with Crippen LogP contribution < -0.4 is 10.6 Å². The van der Waals surface area contributed by atoms with Gasteiger partial charge in [-0.2, -0.15) is 4.98 Å². The molecule has 0 aliphatic heterocycles. The summed E-state index contributed by atoms with van der Waals surface area (Å²) >= 11 is 5.96. The fourth-order valence-electron chi connectivity index (χ4n) is 2.80. The zero-order valence-corrected chi connectivity index (χ0v) is 12.1. The van der Waals surface area contributed by atoms with Crippen molar-refractivity contribution in [2.24, 2.45) is 0 Å². The normalized spacial score (nSPS) is 17.6. The van der Waals surface area contributed by atoms with Gasteiger partial charge in [0.25, 0.3) is 0 Å². The van der Waals surface area contributed by atoms with Crippen LogP contribution in [-0.2, 0) is 12.8 Å². The van der Waals surface area contributed by atoms with E-state index in [4.69, 9.17) is 17.3 Å². The van der Waals surface area contributed by atoms with Gasteiger partial charge in [-0.3, -0.25) is 0 Å². The van der Waals surface area contributed by atoms with Crippen molar-refractivity contribution in [2.75, 3.05) is 17.7 Å². The van der Waals surface area contributed by atoms with E-state index in [0.29, 0.717) is 11.2 Å². The van der Waals surface area contributed by atoms with Crippen LogP contribution in [0.1, 0.15) is 17.5 Å². The lowest BCUT2D eigenvalue weighted by molar-refractivity contribution is 0.544. The summed E-state index contributed by atoms with van der Waals surface area (Å²) in [4.78, 5) is 10.3. The number of anilines is 2. The number of nitrogen functional groups attached to an aromatic ring is 1. The molecule has 1 unspecified atom stereocenters. The van der Waals surface area contributed by atoms with E-state index in [9.17, 15) is 0 Å². The van der Waals surface area contributed by atoms with Crippen LogP contribution >= 0.6 is 11.6 Å². The first-order chi connectivity index (χ1) is 9.63. The molecule has 20 heavy (non-hydrogen) atoms. The van der Waals surface area contributed by atoms with E-state index in [1.807, 2.05) is 7.05 Å². The number of hydrogen-bond acceptors (Lipinski definition) is 4. The average Bonchev–Trinajstić information content (AvgIpc) is 2.45. The van der Waals surface area contributed by atoms with Crippen molar-refractivity contribution in [3.8, 4) is 0 Å². The minimum atomic E-state index is 0.218. The second kappa shape index (κ2) is 5.29. The summed E-state index contributed by atoms with van der Waals surface area (Å²) in [6.07, 6.45) is 3.22. The average molecular weight is 289 g/mol. The first-order valence-electron chi connectivity index (χ1n) is 6.73. The van der Waals surface area contributed by atoms with E-state index in [2.05, 4.69) is 39.1 Å². The van der Waals surface area contributed by atoms with Gasteiger partial charge in [-0.05, 0) is 30.4 Å². The third-order valence-electron chi connectivity index (χ3n) is 3.93. The molecule has 1 atom stereocenters. The van der Waals surface area contributed by atoms with Crippen LogP contribution in [0.5, 0.6) is 0 Å². The smallest absolute Gasteiger partial charge is 0.223 e. The van der Waals surface area contributed by atoms with E-state index >= 15 is 0 Å². The van der Waals surface area contributed by atoms with Gasteiger partial charge < -0.3 is 10.6 Å². The lowest BCUT2D eigenvalue weighted by Crippen LogP contribution is -2.37. The second-order valence-electron chi connectivity index (χ2n) is 5.18. The number of rotatable bonds is 2. The number of nitrogens with zero attached hydrogens (tertiary/aromatic N) is 3. The zero-order chi connectivity index (χ0) is 14.1. The molecule has 0 radical (unpaired) electrons. The summed E-state index contributed by atoms with van der Waals surface area (Å²) in [5, 5.41) is 0.385. The zero-order valence-electron chi connectivity index (χ0n) is 11.4. The molecule has 0 fully saturated rings. The van der Waals surface area contributed by atoms with Gasteiger partial charge in [0, 0.05) is 19.2 Å². The third-order valence-corrected chi connectivity index (χ3v) is 4.12.